The summed E-state index contributed by atoms with van der Waals surface area (Å²) < 4.78 is 26.9. The molecule has 0 unspecified atom stereocenters. The highest BCUT2D eigenvalue weighted by molar-refractivity contribution is 7.21. The Morgan fingerprint density at radius 3 is 2.50 bits per heavy atom. The normalized spacial score (nSPS) is 10.6. The number of rotatable bonds is 5. The second-order valence-electron chi connectivity index (χ2n) is 4.97. The van der Waals surface area contributed by atoms with Crippen LogP contribution in [0, 0.1) is 11.6 Å². The summed E-state index contributed by atoms with van der Waals surface area (Å²) in [5.74, 6) is -1.60. The Morgan fingerprint density at radius 2 is 1.79 bits per heavy atom. The van der Waals surface area contributed by atoms with E-state index in [-0.39, 0.29) is 0 Å². The van der Waals surface area contributed by atoms with Gasteiger partial charge in [-0.05, 0) is 42.1 Å². The molecule has 2 N–H and O–H groups in total. The van der Waals surface area contributed by atoms with Crippen LogP contribution in [0.5, 0.6) is 0 Å². The van der Waals surface area contributed by atoms with E-state index in [4.69, 9.17) is 0 Å². The Kier molecular flexibility index (Phi) is 5.22. The van der Waals surface area contributed by atoms with E-state index in [1.54, 1.807) is 22.7 Å². The first-order valence-electron chi connectivity index (χ1n) is 7.25. The summed E-state index contributed by atoms with van der Waals surface area (Å²) in [6.45, 7) is 0.381. The summed E-state index contributed by atoms with van der Waals surface area (Å²) in [4.78, 5) is 15.3. The van der Waals surface area contributed by atoms with E-state index in [2.05, 4.69) is 22.8 Å². The Bertz CT molecular complexity index is 811. The SMILES string of the molecule is O=C(NCCc1ccc(-c2cccs2)s1)Nc1c(F)cccc1F. The van der Waals surface area contributed by atoms with Crippen LogP contribution in [0.3, 0.4) is 0 Å². The van der Waals surface area contributed by atoms with Crippen molar-refractivity contribution in [3.63, 3.8) is 0 Å². The van der Waals surface area contributed by atoms with Crippen molar-refractivity contribution in [2.75, 3.05) is 11.9 Å². The highest BCUT2D eigenvalue weighted by atomic mass is 32.1. The van der Waals surface area contributed by atoms with Gasteiger partial charge in [-0.3, -0.25) is 0 Å². The van der Waals surface area contributed by atoms with Crippen molar-refractivity contribution in [1.82, 2.24) is 5.32 Å². The van der Waals surface area contributed by atoms with E-state index >= 15 is 0 Å². The molecule has 1 aromatic carbocycles. The average Bonchev–Trinajstić information content (AvgIpc) is 3.22. The van der Waals surface area contributed by atoms with E-state index in [1.165, 1.54) is 15.8 Å². The van der Waals surface area contributed by atoms with Crippen LogP contribution in [0.15, 0.2) is 47.8 Å². The van der Waals surface area contributed by atoms with Gasteiger partial charge in [0.1, 0.15) is 17.3 Å². The van der Waals surface area contributed by atoms with Crippen LogP contribution in [-0.4, -0.2) is 12.6 Å². The number of hydrogen-bond acceptors (Lipinski definition) is 3. The number of anilines is 1. The summed E-state index contributed by atoms with van der Waals surface area (Å²) >= 11 is 3.35. The van der Waals surface area contributed by atoms with Gasteiger partial charge in [-0.15, -0.1) is 22.7 Å². The molecule has 0 saturated heterocycles. The van der Waals surface area contributed by atoms with Gasteiger partial charge in [-0.25, -0.2) is 13.6 Å². The van der Waals surface area contributed by atoms with Crippen molar-refractivity contribution in [3.05, 3.63) is 64.4 Å². The maximum atomic E-state index is 13.5. The minimum Gasteiger partial charge on any atom is -0.338 e. The summed E-state index contributed by atoms with van der Waals surface area (Å²) in [5.41, 5.74) is -0.439. The lowest BCUT2D eigenvalue weighted by Crippen LogP contribution is -2.31. The molecule has 0 aliphatic heterocycles. The third-order valence-electron chi connectivity index (χ3n) is 3.28. The highest BCUT2D eigenvalue weighted by Gasteiger charge is 2.11. The monoisotopic (exact) mass is 364 g/mol. The fourth-order valence-electron chi connectivity index (χ4n) is 2.14. The zero-order valence-corrected chi connectivity index (χ0v) is 14.1. The van der Waals surface area contributed by atoms with Crippen molar-refractivity contribution < 1.29 is 13.6 Å². The van der Waals surface area contributed by atoms with Crippen LogP contribution >= 0.6 is 22.7 Å². The molecule has 3 rings (SSSR count). The molecule has 124 valence electrons. The van der Waals surface area contributed by atoms with Gasteiger partial charge < -0.3 is 10.6 Å². The summed E-state index contributed by atoms with van der Waals surface area (Å²) in [6.07, 6.45) is 0.656. The molecule has 0 saturated carbocycles. The zero-order chi connectivity index (χ0) is 16.9. The van der Waals surface area contributed by atoms with Crippen LogP contribution in [0.4, 0.5) is 19.3 Å². The smallest absolute Gasteiger partial charge is 0.319 e. The van der Waals surface area contributed by atoms with Gasteiger partial charge in [0.25, 0.3) is 0 Å². The summed E-state index contributed by atoms with van der Waals surface area (Å²) in [7, 11) is 0. The first-order chi connectivity index (χ1) is 11.6. The van der Waals surface area contributed by atoms with Gasteiger partial charge in [0.05, 0.1) is 0 Å². The molecule has 0 radical (unpaired) electrons. The number of urea groups is 1. The molecule has 24 heavy (non-hydrogen) atoms. The largest absolute Gasteiger partial charge is 0.338 e. The summed E-state index contributed by atoms with van der Waals surface area (Å²) in [6, 6.07) is 11.0. The second-order valence-corrected chi connectivity index (χ2v) is 7.09. The third-order valence-corrected chi connectivity index (χ3v) is 5.49. The number of carbonyl (C=O) groups excluding carboxylic acids is 1. The zero-order valence-electron chi connectivity index (χ0n) is 12.5. The van der Waals surface area contributed by atoms with Crippen molar-refractivity contribution in [2.45, 2.75) is 6.42 Å². The predicted octanol–water partition coefficient (Wildman–Crippen LogP) is 5.12. The molecule has 2 aromatic heterocycles. The molecule has 0 aliphatic rings. The van der Waals surface area contributed by atoms with Gasteiger partial charge in [0, 0.05) is 21.2 Å². The topological polar surface area (TPSA) is 41.1 Å². The van der Waals surface area contributed by atoms with Crippen LogP contribution in [-0.2, 0) is 6.42 Å². The van der Waals surface area contributed by atoms with Crippen molar-refractivity contribution in [2.24, 2.45) is 0 Å². The highest BCUT2D eigenvalue weighted by Crippen LogP contribution is 2.31. The Morgan fingerprint density at radius 1 is 1.00 bits per heavy atom. The lowest BCUT2D eigenvalue weighted by atomic mass is 10.3. The van der Waals surface area contributed by atoms with Crippen molar-refractivity contribution in [3.8, 4) is 9.75 Å². The van der Waals surface area contributed by atoms with Gasteiger partial charge >= 0.3 is 6.03 Å². The van der Waals surface area contributed by atoms with Crippen molar-refractivity contribution in [1.29, 1.82) is 0 Å². The quantitative estimate of drug-likeness (QED) is 0.648. The molecule has 2 amide bonds. The minimum absolute atomic E-state index is 0.381. The Balaban J connectivity index is 1.50. The molecule has 0 fully saturated rings. The van der Waals surface area contributed by atoms with E-state index in [0.29, 0.717) is 13.0 Å². The maximum absolute atomic E-state index is 13.5. The fourth-order valence-corrected chi connectivity index (χ4v) is 3.98. The molecule has 3 aromatic rings. The standard InChI is InChI=1S/C17H14F2N2OS2/c18-12-3-1-4-13(19)16(12)21-17(22)20-9-8-11-6-7-15(24-11)14-5-2-10-23-14/h1-7,10H,8-9H2,(H2,20,21,22). The summed E-state index contributed by atoms with van der Waals surface area (Å²) in [5, 5.41) is 6.83. The van der Waals surface area contributed by atoms with Gasteiger partial charge in [0.2, 0.25) is 0 Å². The van der Waals surface area contributed by atoms with Crippen molar-refractivity contribution >= 4 is 34.4 Å². The van der Waals surface area contributed by atoms with E-state index < -0.39 is 23.4 Å². The fraction of sp³-hybridized carbons (Fsp3) is 0.118. The third kappa shape index (κ3) is 3.98. The minimum atomic E-state index is -0.802. The number of para-hydroxylation sites is 1. The Labute approximate surface area is 146 Å². The molecular weight excluding hydrogens is 350 g/mol. The average molecular weight is 364 g/mol. The predicted molar refractivity (Wildman–Crippen MR) is 94.7 cm³/mol. The van der Waals surface area contributed by atoms with Crippen LogP contribution in [0.25, 0.3) is 9.75 Å². The van der Waals surface area contributed by atoms with Crippen LogP contribution in [0.1, 0.15) is 4.88 Å². The maximum Gasteiger partial charge on any atom is 0.319 e. The van der Waals surface area contributed by atoms with Gasteiger partial charge in [0.15, 0.2) is 0 Å². The number of nitrogens with one attached hydrogen (secondary N) is 2. The molecule has 2 heterocycles. The van der Waals surface area contributed by atoms with Crippen LogP contribution < -0.4 is 10.6 Å². The second kappa shape index (κ2) is 7.55. The van der Waals surface area contributed by atoms with Gasteiger partial charge in [-0.1, -0.05) is 12.1 Å². The molecule has 0 spiro atoms. The number of benzene rings is 1. The number of halogens is 2. The van der Waals surface area contributed by atoms with Crippen LogP contribution in [0.2, 0.25) is 0 Å². The molecular formula is C17H14F2N2OS2. The first-order valence-corrected chi connectivity index (χ1v) is 8.94. The first kappa shape index (κ1) is 16.6. The van der Waals surface area contributed by atoms with E-state index in [1.807, 2.05) is 17.5 Å². The molecule has 0 atom stereocenters. The molecule has 0 bridgehead atoms. The lowest BCUT2D eigenvalue weighted by Gasteiger charge is -2.08. The van der Waals surface area contributed by atoms with Gasteiger partial charge in [-0.2, -0.15) is 0 Å². The molecule has 3 nitrogen and oxygen atoms in total. The Hall–Kier alpha value is -2.25. The van der Waals surface area contributed by atoms with E-state index in [9.17, 15) is 13.6 Å². The number of amides is 2. The lowest BCUT2D eigenvalue weighted by molar-refractivity contribution is 0.252. The number of carbonyl (C=O) groups is 1. The molecule has 0 aliphatic carbocycles. The number of hydrogen-bond donors (Lipinski definition) is 2. The molecule has 7 heteroatoms. The van der Waals surface area contributed by atoms with E-state index in [0.717, 1.165) is 17.0 Å². The number of thiophene rings is 2.